The first kappa shape index (κ1) is 13.5. The Labute approximate surface area is 104 Å². The van der Waals surface area contributed by atoms with E-state index >= 15 is 0 Å². The molecule has 0 aliphatic carbocycles. The van der Waals surface area contributed by atoms with Gasteiger partial charge in [-0.15, -0.1) is 11.8 Å². The lowest BCUT2D eigenvalue weighted by atomic mass is 10.2. The van der Waals surface area contributed by atoms with Crippen molar-refractivity contribution in [3.63, 3.8) is 0 Å². The Morgan fingerprint density at radius 2 is 2.07 bits per heavy atom. The number of hydrogen-bond donors (Lipinski definition) is 1. The molecule has 3 nitrogen and oxygen atoms in total. The maximum absolute atomic E-state index is 5.67. The Kier molecular flexibility index (Phi) is 5.63. The van der Waals surface area contributed by atoms with Crippen LogP contribution in [0.1, 0.15) is 13.8 Å². The highest BCUT2D eigenvalue weighted by Gasteiger charge is 2.36. The van der Waals surface area contributed by atoms with E-state index in [1.54, 1.807) is 11.8 Å². The fourth-order valence-electron chi connectivity index (χ4n) is 1.69. The molecule has 1 aliphatic rings. The van der Waals surface area contributed by atoms with E-state index in [1.807, 2.05) is 14.0 Å². The first-order valence-electron chi connectivity index (χ1n) is 4.95. The van der Waals surface area contributed by atoms with Crippen LogP contribution >= 0.6 is 27.7 Å². The first-order chi connectivity index (χ1) is 7.14. The molecule has 0 saturated carbocycles. The van der Waals surface area contributed by atoms with E-state index in [9.17, 15) is 0 Å². The van der Waals surface area contributed by atoms with Crippen LogP contribution in [0.2, 0.25) is 0 Å². The van der Waals surface area contributed by atoms with Gasteiger partial charge in [-0.25, -0.2) is 0 Å². The quantitative estimate of drug-likeness (QED) is 0.789. The molecule has 1 heterocycles. The van der Waals surface area contributed by atoms with Gasteiger partial charge in [0.1, 0.15) is 0 Å². The van der Waals surface area contributed by atoms with Crippen molar-refractivity contribution in [2.45, 2.75) is 19.6 Å². The molecule has 0 aromatic carbocycles. The van der Waals surface area contributed by atoms with Crippen LogP contribution in [0, 0.1) is 0 Å². The number of rotatable bonds is 5. The Balaban J connectivity index is 2.84. The van der Waals surface area contributed by atoms with Crippen molar-refractivity contribution < 1.29 is 9.47 Å². The summed E-state index contributed by atoms with van der Waals surface area (Å²) in [6.07, 6.45) is 0. The number of likely N-dealkylation sites (N-methyl/N-ethyl adjacent to an activating group) is 1. The molecule has 1 fully saturated rings. The van der Waals surface area contributed by atoms with Crippen molar-refractivity contribution in [2.24, 2.45) is 0 Å². The van der Waals surface area contributed by atoms with Crippen LogP contribution in [0.15, 0.2) is 10.5 Å². The van der Waals surface area contributed by atoms with Gasteiger partial charge in [-0.05, 0) is 26.5 Å². The summed E-state index contributed by atoms with van der Waals surface area (Å²) in [6, 6.07) is 0. The lowest BCUT2D eigenvalue weighted by Gasteiger charge is -2.27. The van der Waals surface area contributed by atoms with Crippen LogP contribution in [0.3, 0.4) is 0 Å². The van der Waals surface area contributed by atoms with E-state index in [0.29, 0.717) is 13.2 Å². The summed E-state index contributed by atoms with van der Waals surface area (Å²) in [7, 11) is 1.94. The minimum absolute atomic E-state index is 0.542. The third-order valence-electron chi connectivity index (χ3n) is 2.28. The van der Waals surface area contributed by atoms with E-state index in [2.05, 4.69) is 28.2 Å². The van der Waals surface area contributed by atoms with E-state index in [1.165, 1.54) is 10.5 Å². The number of nitrogens with one attached hydrogen (secondary N) is 1. The van der Waals surface area contributed by atoms with E-state index < -0.39 is 5.79 Å². The molecule has 1 N–H and O–H groups in total. The molecule has 1 saturated heterocycles. The normalized spacial score (nSPS) is 21.6. The minimum Gasteiger partial charge on any atom is -0.343 e. The largest absolute Gasteiger partial charge is 0.343 e. The van der Waals surface area contributed by atoms with Crippen molar-refractivity contribution in [1.29, 1.82) is 0 Å². The minimum atomic E-state index is -0.542. The molecule has 15 heavy (non-hydrogen) atoms. The summed E-state index contributed by atoms with van der Waals surface area (Å²) in [6.45, 7) is 6.31. The fourth-order valence-corrected chi connectivity index (χ4v) is 3.18. The van der Waals surface area contributed by atoms with Crippen LogP contribution in [0.25, 0.3) is 0 Å². The van der Waals surface area contributed by atoms with Gasteiger partial charge in [0.05, 0.1) is 17.9 Å². The summed E-state index contributed by atoms with van der Waals surface area (Å²) in [5, 5.41) is 3.15. The Bertz CT molecular complexity index is 240. The summed E-state index contributed by atoms with van der Waals surface area (Å²) >= 11 is 5.16. The van der Waals surface area contributed by atoms with Gasteiger partial charge in [-0.1, -0.05) is 15.9 Å². The molecule has 0 bridgehead atoms. The molecular weight excluding hydrogens is 278 g/mol. The zero-order chi connectivity index (χ0) is 11.3. The molecule has 1 rings (SSSR count). The van der Waals surface area contributed by atoms with Gasteiger partial charge >= 0.3 is 0 Å². The van der Waals surface area contributed by atoms with Gasteiger partial charge in [0, 0.05) is 11.4 Å². The molecule has 0 spiro atoms. The van der Waals surface area contributed by atoms with E-state index in [4.69, 9.17) is 9.47 Å². The lowest BCUT2D eigenvalue weighted by molar-refractivity contribution is -0.103. The van der Waals surface area contributed by atoms with Gasteiger partial charge in [-0.3, -0.25) is 0 Å². The fraction of sp³-hybridized carbons (Fsp3) is 0.800. The zero-order valence-corrected chi connectivity index (χ0v) is 11.8. The molecule has 0 atom stereocenters. The highest BCUT2D eigenvalue weighted by molar-refractivity contribution is 9.11. The van der Waals surface area contributed by atoms with Crippen LogP contribution < -0.4 is 5.32 Å². The predicted molar refractivity (Wildman–Crippen MR) is 68.3 cm³/mol. The molecule has 88 valence electrons. The smallest absolute Gasteiger partial charge is 0.198 e. The first-order valence-corrected chi connectivity index (χ1v) is 7.06. The SMILES string of the molecule is CNC/C(C)=C(\SCBr)C1(C)OCCO1. The monoisotopic (exact) mass is 295 g/mol. The third-order valence-corrected chi connectivity index (χ3v) is 4.08. The maximum atomic E-state index is 5.67. The predicted octanol–water partition coefficient (Wildman–Crippen LogP) is 2.33. The van der Waals surface area contributed by atoms with Crippen LogP contribution in [-0.4, -0.2) is 37.3 Å². The molecular formula is C10H18BrNO2S. The third kappa shape index (κ3) is 3.46. The molecule has 5 heteroatoms. The second-order valence-corrected chi connectivity index (χ2v) is 5.82. The topological polar surface area (TPSA) is 30.5 Å². The van der Waals surface area contributed by atoms with Gasteiger partial charge in [0.25, 0.3) is 0 Å². The van der Waals surface area contributed by atoms with Crippen LogP contribution in [0.5, 0.6) is 0 Å². The van der Waals surface area contributed by atoms with Crippen molar-refractivity contribution in [3.05, 3.63) is 10.5 Å². The van der Waals surface area contributed by atoms with Gasteiger partial charge in [-0.2, -0.15) is 0 Å². The number of thioether (sulfide) groups is 1. The van der Waals surface area contributed by atoms with Crippen LogP contribution in [-0.2, 0) is 9.47 Å². The molecule has 0 amide bonds. The Morgan fingerprint density at radius 3 is 2.53 bits per heavy atom. The zero-order valence-electron chi connectivity index (χ0n) is 9.43. The van der Waals surface area contributed by atoms with Crippen molar-refractivity contribution in [3.8, 4) is 0 Å². The van der Waals surface area contributed by atoms with Crippen molar-refractivity contribution in [1.82, 2.24) is 5.32 Å². The molecule has 1 aliphatic heterocycles. The summed E-state index contributed by atoms with van der Waals surface area (Å²) in [4.78, 5) is 1.17. The van der Waals surface area contributed by atoms with E-state index in [0.717, 1.165) is 11.2 Å². The highest BCUT2D eigenvalue weighted by atomic mass is 79.9. The molecule has 0 aromatic heterocycles. The summed E-state index contributed by atoms with van der Waals surface area (Å²) in [5.41, 5.74) is 1.27. The molecule has 0 radical (unpaired) electrons. The molecule has 0 aromatic rings. The maximum Gasteiger partial charge on any atom is 0.198 e. The summed E-state index contributed by atoms with van der Waals surface area (Å²) < 4.78 is 12.2. The van der Waals surface area contributed by atoms with Gasteiger partial charge in [0.15, 0.2) is 5.79 Å². The number of alkyl halides is 1. The highest BCUT2D eigenvalue weighted by Crippen LogP contribution is 2.37. The number of ether oxygens (including phenoxy) is 2. The average Bonchev–Trinajstić information content (AvgIpc) is 2.62. The number of hydrogen-bond acceptors (Lipinski definition) is 4. The lowest BCUT2D eigenvalue weighted by Crippen LogP contribution is -2.29. The second-order valence-electron chi connectivity index (χ2n) is 3.54. The Hall–Kier alpha value is 0.450. The second kappa shape index (κ2) is 6.25. The van der Waals surface area contributed by atoms with Crippen LogP contribution in [0.4, 0.5) is 0 Å². The van der Waals surface area contributed by atoms with Crippen molar-refractivity contribution >= 4 is 27.7 Å². The van der Waals surface area contributed by atoms with E-state index in [-0.39, 0.29) is 0 Å². The van der Waals surface area contributed by atoms with Crippen molar-refractivity contribution in [2.75, 3.05) is 31.5 Å². The standard InChI is InChI=1S/C10H18BrNO2S/c1-8(6-12-3)9(15-7-11)10(2)13-4-5-14-10/h12H,4-7H2,1-3H3/b9-8-. The Morgan fingerprint density at radius 1 is 1.47 bits per heavy atom. The van der Waals surface area contributed by atoms with Gasteiger partial charge in [0.2, 0.25) is 0 Å². The summed E-state index contributed by atoms with van der Waals surface area (Å²) in [5.74, 6) is -0.542. The van der Waals surface area contributed by atoms with Gasteiger partial charge < -0.3 is 14.8 Å². The molecule has 0 unspecified atom stereocenters. The number of halogens is 1. The average molecular weight is 296 g/mol.